The second kappa shape index (κ2) is 9.32. The first kappa shape index (κ1) is 24.4. The zero-order chi connectivity index (χ0) is 24.4. The first-order chi connectivity index (χ1) is 15.5. The Labute approximate surface area is 189 Å². The molecule has 8 nitrogen and oxygen atoms in total. The second-order valence-electron chi connectivity index (χ2n) is 7.05. The summed E-state index contributed by atoms with van der Waals surface area (Å²) in [5.41, 5.74) is -0.201. The summed E-state index contributed by atoms with van der Waals surface area (Å²) in [5, 5.41) is 6.81. The zero-order valence-electron chi connectivity index (χ0n) is 18.1. The normalized spacial score (nSPS) is 12.2. The van der Waals surface area contributed by atoms with Gasteiger partial charge in [0.05, 0.1) is 16.2 Å². The molecule has 12 heteroatoms. The Hall–Kier alpha value is -3.25. The Morgan fingerprint density at radius 2 is 1.73 bits per heavy atom. The maximum Gasteiger partial charge on any atom is 0.417 e. The highest BCUT2D eigenvalue weighted by Crippen LogP contribution is 2.29. The average Bonchev–Trinajstić information content (AvgIpc) is 3.14. The van der Waals surface area contributed by atoms with E-state index in [2.05, 4.69) is 15.4 Å². The first-order valence-corrected chi connectivity index (χ1v) is 11.4. The minimum Gasteiger partial charge on any atom is -0.306 e. The van der Waals surface area contributed by atoms with Crippen LogP contribution >= 0.6 is 0 Å². The quantitative estimate of drug-likeness (QED) is 0.553. The molecule has 0 aliphatic rings. The molecule has 0 unspecified atom stereocenters. The van der Waals surface area contributed by atoms with Crippen LogP contribution in [0.3, 0.4) is 0 Å². The van der Waals surface area contributed by atoms with Gasteiger partial charge < -0.3 is 5.32 Å². The topological polar surface area (TPSA) is 97.2 Å². The van der Waals surface area contributed by atoms with Crippen molar-refractivity contribution in [2.75, 3.05) is 18.4 Å². The van der Waals surface area contributed by atoms with Crippen LogP contribution in [-0.2, 0) is 16.2 Å². The maximum atomic E-state index is 12.8. The SMILES string of the molecule is CCN(CC)S(=O)(=O)c1ccc(C(=O)Nc2cc(C)nn2-c2ccc(C(F)(F)F)cn2)cc1. The predicted molar refractivity (Wildman–Crippen MR) is 116 cm³/mol. The van der Waals surface area contributed by atoms with E-state index in [0.717, 1.165) is 12.1 Å². The third kappa shape index (κ3) is 5.22. The number of hydrogen-bond donors (Lipinski definition) is 1. The summed E-state index contributed by atoms with van der Waals surface area (Å²) in [6, 6.07) is 9.03. The Morgan fingerprint density at radius 1 is 1.09 bits per heavy atom. The fourth-order valence-electron chi connectivity index (χ4n) is 3.12. The molecule has 33 heavy (non-hydrogen) atoms. The van der Waals surface area contributed by atoms with E-state index in [1.54, 1.807) is 20.8 Å². The van der Waals surface area contributed by atoms with Gasteiger partial charge in [-0.25, -0.2) is 13.4 Å². The number of nitrogens with one attached hydrogen (secondary N) is 1. The molecule has 0 radical (unpaired) electrons. The van der Waals surface area contributed by atoms with Crippen molar-refractivity contribution in [1.29, 1.82) is 0 Å². The highest BCUT2D eigenvalue weighted by molar-refractivity contribution is 7.89. The molecule has 3 aromatic rings. The van der Waals surface area contributed by atoms with E-state index in [1.165, 1.54) is 39.3 Å². The number of nitrogens with zero attached hydrogens (tertiary/aromatic N) is 4. The van der Waals surface area contributed by atoms with Crippen molar-refractivity contribution in [2.24, 2.45) is 0 Å². The lowest BCUT2D eigenvalue weighted by Gasteiger charge is -2.18. The van der Waals surface area contributed by atoms with E-state index >= 15 is 0 Å². The number of anilines is 1. The van der Waals surface area contributed by atoms with Crippen molar-refractivity contribution >= 4 is 21.7 Å². The highest BCUT2D eigenvalue weighted by Gasteiger charge is 2.31. The molecule has 0 aliphatic heterocycles. The van der Waals surface area contributed by atoms with E-state index in [4.69, 9.17) is 0 Å². The van der Waals surface area contributed by atoms with Gasteiger partial charge in [-0.2, -0.15) is 27.3 Å². The predicted octanol–water partition coefficient (Wildman–Crippen LogP) is 3.88. The van der Waals surface area contributed by atoms with Gasteiger partial charge in [0, 0.05) is 30.9 Å². The van der Waals surface area contributed by atoms with E-state index in [-0.39, 0.29) is 22.1 Å². The van der Waals surface area contributed by atoms with Crippen LogP contribution in [0, 0.1) is 6.92 Å². The van der Waals surface area contributed by atoms with Crippen LogP contribution in [-0.4, -0.2) is 46.5 Å². The average molecular weight is 482 g/mol. The number of aromatic nitrogens is 3. The molecule has 1 aromatic carbocycles. The number of hydrogen-bond acceptors (Lipinski definition) is 5. The molecule has 0 saturated heterocycles. The molecular weight excluding hydrogens is 459 g/mol. The number of benzene rings is 1. The van der Waals surface area contributed by atoms with E-state index in [1.807, 2.05) is 0 Å². The number of sulfonamides is 1. The van der Waals surface area contributed by atoms with Crippen molar-refractivity contribution in [3.8, 4) is 5.82 Å². The van der Waals surface area contributed by atoms with Crippen LogP contribution in [0.25, 0.3) is 5.82 Å². The third-order valence-corrected chi connectivity index (χ3v) is 6.89. The Morgan fingerprint density at radius 3 is 2.24 bits per heavy atom. The van der Waals surface area contributed by atoms with Crippen LogP contribution in [0.15, 0.2) is 53.6 Å². The monoisotopic (exact) mass is 481 g/mol. The van der Waals surface area contributed by atoms with Crippen molar-refractivity contribution in [1.82, 2.24) is 19.1 Å². The summed E-state index contributed by atoms with van der Waals surface area (Å²) in [4.78, 5) is 16.6. The summed E-state index contributed by atoms with van der Waals surface area (Å²) in [6.07, 6.45) is -3.83. The van der Waals surface area contributed by atoms with Crippen molar-refractivity contribution in [3.63, 3.8) is 0 Å². The van der Waals surface area contributed by atoms with E-state index in [0.29, 0.717) is 25.0 Å². The van der Waals surface area contributed by atoms with Crippen molar-refractivity contribution in [2.45, 2.75) is 31.8 Å². The van der Waals surface area contributed by atoms with Gasteiger partial charge in [0.1, 0.15) is 5.82 Å². The molecule has 0 fully saturated rings. The molecule has 1 amide bonds. The lowest BCUT2D eigenvalue weighted by Crippen LogP contribution is -2.30. The standard InChI is InChI=1S/C21H22F3N5O3S/c1-4-28(5-2)33(31,32)17-9-6-15(7-10-17)20(30)26-19-12-14(3)27-29(19)18-11-8-16(13-25-18)21(22,23)24/h6-13H,4-5H2,1-3H3,(H,26,30). The molecule has 0 aliphatic carbocycles. The smallest absolute Gasteiger partial charge is 0.306 e. The van der Waals surface area contributed by atoms with Crippen LogP contribution in [0.5, 0.6) is 0 Å². The van der Waals surface area contributed by atoms with E-state index in [9.17, 15) is 26.4 Å². The van der Waals surface area contributed by atoms with Crippen molar-refractivity contribution < 1.29 is 26.4 Å². The Bertz CT molecular complexity index is 1230. The molecule has 0 saturated carbocycles. The molecule has 176 valence electrons. The lowest BCUT2D eigenvalue weighted by molar-refractivity contribution is -0.137. The van der Waals surface area contributed by atoms with Crippen LogP contribution in [0.4, 0.5) is 19.0 Å². The number of alkyl halides is 3. The fraction of sp³-hybridized carbons (Fsp3) is 0.286. The molecule has 1 N–H and O–H groups in total. The Kier molecular flexibility index (Phi) is 6.89. The lowest BCUT2D eigenvalue weighted by atomic mass is 10.2. The minimum absolute atomic E-state index is 0.0672. The van der Waals surface area contributed by atoms with Gasteiger partial charge in [-0.05, 0) is 43.3 Å². The summed E-state index contributed by atoms with van der Waals surface area (Å²) in [5.74, 6) is -0.258. The summed E-state index contributed by atoms with van der Waals surface area (Å²) in [7, 11) is -3.66. The minimum atomic E-state index is -4.52. The summed E-state index contributed by atoms with van der Waals surface area (Å²) >= 11 is 0. The zero-order valence-corrected chi connectivity index (χ0v) is 18.9. The van der Waals surface area contributed by atoms with Gasteiger partial charge >= 0.3 is 6.18 Å². The van der Waals surface area contributed by atoms with Gasteiger partial charge in [-0.1, -0.05) is 13.8 Å². The number of carbonyl (C=O) groups excluding carboxylic acids is 1. The first-order valence-electron chi connectivity index (χ1n) is 9.99. The van der Waals surface area contributed by atoms with Gasteiger partial charge in [0.25, 0.3) is 5.91 Å². The molecule has 2 heterocycles. The van der Waals surface area contributed by atoms with E-state index < -0.39 is 27.7 Å². The van der Waals surface area contributed by atoms with Gasteiger partial charge in [0.2, 0.25) is 10.0 Å². The number of amides is 1. The van der Waals surface area contributed by atoms with Crippen molar-refractivity contribution in [3.05, 3.63) is 65.5 Å². The highest BCUT2D eigenvalue weighted by atomic mass is 32.2. The summed E-state index contributed by atoms with van der Waals surface area (Å²) < 4.78 is 66.1. The van der Waals surface area contributed by atoms with Gasteiger partial charge in [-0.3, -0.25) is 4.79 Å². The Balaban J connectivity index is 1.83. The molecule has 2 aromatic heterocycles. The van der Waals surface area contributed by atoms with Crippen LogP contribution in [0.1, 0.15) is 35.5 Å². The molecule has 3 rings (SSSR count). The molecule has 0 spiro atoms. The number of pyridine rings is 1. The number of aryl methyl sites for hydroxylation is 1. The number of carbonyl (C=O) groups is 1. The number of rotatable bonds is 7. The molecule has 0 atom stereocenters. The largest absolute Gasteiger partial charge is 0.417 e. The van der Waals surface area contributed by atoms with Crippen LogP contribution in [0.2, 0.25) is 0 Å². The fourth-order valence-corrected chi connectivity index (χ4v) is 4.58. The third-order valence-electron chi connectivity index (χ3n) is 4.83. The molecule has 0 bridgehead atoms. The second-order valence-corrected chi connectivity index (χ2v) is 8.99. The summed E-state index contributed by atoms with van der Waals surface area (Å²) in [6.45, 7) is 5.77. The maximum absolute atomic E-state index is 12.8. The van der Waals surface area contributed by atoms with Gasteiger partial charge in [-0.15, -0.1) is 0 Å². The number of halogens is 3. The van der Waals surface area contributed by atoms with Gasteiger partial charge in [0.15, 0.2) is 5.82 Å². The molecular formula is C21H22F3N5O3S. The van der Waals surface area contributed by atoms with Crippen LogP contribution < -0.4 is 5.32 Å².